The van der Waals surface area contributed by atoms with Gasteiger partial charge in [-0.15, -0.1) is 0 Å². The van der Waals surface area contributed by atoms with Gasteiger partial charge in [-0.1, -0.05) is 37.3 Å². The van der Waals surface area contributed by atoms with E-state index in [0.29, 0.717) is 28.4 Å². The molecular weight excluding hydrogens is 452 g/mol. The third kappa shape index (κ3) is 6.30. The van der Waals surface area contributed by atoms with E-state index in [9.17, 15) is 14.4 Å². The lowest BCUT2D eigenvalue weighted by molar-refractivity contribution is -0.114. The largest absolute Gasteiger partial charge is 0.376 e. The summed E-state index contributed by atoms with van der Waals surface area (Å²) in [5, 5.41) is 5.92. The van der Waals surface area contributed by atoms with Crippen LogP contribution in [0.4, 0.5) is 17.1 Å². The standard InChI is InChI=1S/C29H32N4O3/c1-21-14-16-33(17-15-21)29(36)23-9-7-11-25(19-23)31-27(34)20-30-24-10-6-8-22(18-24)28(35)32(2)26-12-4-3-5-13-26/h3-13,18-19,21,30H,14-17,20H2,1-2H3,(H,31,34). The van der Waals surface area contributed by atoms with Crippen LogP contribution >= 0.6 is 0 Å². The monoisotopic (exact) mass is 484 g/mol. The Labute approximate surface area is 212 Å². The second-order valence-electron chi connectivity index (χ2n) is 9.24. The Hall–Kier alpha value is -4.13. The Bertz CT molecular complexity index is 1220. The Morgan fingerprint density at radius 3 is 2.22 bits per heavy atom. The van der Waals surface area contributed by atoms with E-state index in [0.717, 1.165) is 31.6 Å². The normalized spacial score (nSPS) is 13.7. The van der Waals surface area contributed by atoms with Gasteiger partial charge in [-0.3, -0.25) is 14.4 Å². The average Bonchev–Trinajstić information content (AvgIpc) is 2.92. The number of likely N-dealkylation sites (tertiary alicyclic amines) is 1. The van der Waals surface area contributed by atoms with E-state index in [1.54, 1.807) is 54.4 Å². The number of carbonyl (C=O) groups excluding carboxylic acids is 3. The lowest BCUT2D eigenvalue weighted by Gasteiger charge is -2.30. The summed E-state index contributed by atoms with van der Waals surface area (Å²) in [5.74, 6) is 0.261. The highest BCUT2D eigenvalue weighted by Crippen LogP contribution is 2.20. The number of anilines is 3. The minimum atomic E-state index is -0.246. The SMILES string of the molecule is CC1CCN(C(=O)c2cccc(NC(=O)CNc3cccc(C(=O)N(C)c4ccccc4)c3)c2)CC1. The zero-order valence-electron chi connectivity index (χ0n) is 20.7. The number of amides is 3. The summed E-state index contributed by atoms with van der Waals surface area (Å²) in [6.07, 6.45) is 2.03. The summed E-state index contributed by atoms with van der Waals surface area (Å²) in [4.78, 5) is 41.8. The first-order valence-corrected chi connectivity index (χ1v) is 12.3. The number of para-hydroxylation sites is 1. The molecule has 0 bridgehead atoms. The molecule has 0 spiro atoms. The molecule has 1 saturated heterocycles. The summed E-state index contributed by atoms with van der Waals surface area (Å²) in [7, 11) is 1.73. The van der Waals surface area contributed by atoms with Crippen LogP contribution in [0, 0.1) is 5.92 Å². The molecule has 3 amide bonds. The molecule has 0 aliphatic carbocycles. The van der Waals surface area contributed by atoms with Gasteiger partial charge in [-0.05, 0) is 67.3 Å². The number of rotatable bonds is 7. The molecular formula is C29H32N4O3. The van der Waals surface area contributed by atoms with Gasteiger partial charge in [0, 0.05) is 48.3 Å². The van der Waals surface area contributed by atoms with Crippen molar-refractivity contribution in [3.05, 3.63) is 90.0 Å². The smallest absolute Gasteiger partial charge is 0.258 e. The minimum Gasteiger partial charge on any atom is -0.376 e. The van der Waals surface area contributed by atoms with Gasteiger partial charge in [-0.2, -0.15) is 0 Å². The molecule has 3 aromatic carbocycles. The molecule has 1 aliphatic rings. The van der Waals surface area contributed by atoms with E-state index in [-0.39, 0.29) is 24.3 Å². The molecule has 7 nitrogen and oxygen atoms in total. The van der Waals surface area contributed by atoms with Crippen molar-refractivity contribution in [2.45, 2.75) is 19.8 Å². The van der Waals surface area contributed by atoms with Gasteiger partial charge in [0.05, 0.1) is 6.54 Å². The fourth-order valence-electron chi connectivity index (χ4n) is 4.24. The van der Waals surface area contributed by atoms with Crippen molar-refractivity contribution in [3.8, 4) is 0 Å². The van der Waals surface area contributed by atoms with Crippen molar-refractivity contribution in [3.63, 3.8) is 0 Å². The van der Waals surface area contributed by atoms with Gasteiger partial charge in [0.1, 0.15) is 0 Å². The number of hydrogen-bond donors (Lipinski definition) is 2. The molecule has 0 aromatic heterocycles. The quantitative estimate of drug-likeness (QED) is 0.501. The fraction of sp³-hybridized carbons (Fsp3) is 0.276. The van der Waals surface area contributed by atoms with Crippen LogP contribution in [0.5, 0.6) is 0 Å². The first-order valence-electron chi connectivity index (χ1n) is 12.3. The summed E-state index contributed by atoms with van der Waals surface area (Å²) >= 11 is 0. The highest BCUT2D eigenvalue weighted by Gasteiger charge is 2.21. The number of nitrogens with one attached hydrogen (secondary N) is 2. The van der Waals surface area contributed by atoms with Crippen LogP contribution in [0.1, 0.15) is 40.5 Å². The van der Waals surface area contributed by atoms with E-state index in [1.165, 1.54) is 0 Å². The van der Waals surface area contributed by atoms with E-state index in [1.807, 2.05) is 41.3 Å². The van der Waals surface area contributed by atoms with Crippen molar-refractivity contribution in [1.82, 2.24) is 4.90 Å². The molecule has 0 saturated carbocycles. The van der Waals surface area contributed by atoms with Crippen LogP contribution in [0.15, 0.2) is 78.9 Å². The van der Waals surface area contributed by atoms with Crippen LogP contribution in [-0.4, -0.2) is 49.3 Å². The van der Waals surface area contributed by atoms with Gasteiger partial charge in [0.25, 0.3) is 11.8 Å². The number of carbonyl (C=O) groups is 3. The molecule has 36 heavy (non-hydrogen) atoms. The first kappa shape index (κ1) is 25.0. The number of benzene rings is 3. The zero-order chi connectivity index (χ0) is 25.5. The Balaban J connectivity index is 1.33. The van der Waals surface area contributed by atoms with Crippen molar-refractivity contribution in [2.75, 3.05) is 42.2 Å². The molecule has 3 aromatic rings. The maximum atomic E-state index is 12.9. The second kappa shape index (κ2) is 11.5. The molecule has 0 unspecified atom stereocenters. The van der Waals surface area contributed by atoms with Crippen LogP contribution in [0.2, 0.25) is 0 Å². The van der Waals surface area contributed by atoms with Gasteiger partial charge in [0.2, 0.25) is 5.91 Å². The van der Waals surface area contributed by atoms with Crippen LogP contribution < -0.4 is 15.5 Å². The van der Waals surface area contributed by atoms with Crippen LogP contribution in [0.3, 0.4) is 0 Å². The Morgan fingerprint density at radius 2 is 1.50 bits per heavy atom. The minimum absolute atomic E-state index is 0.00178. The predicted octanol–water partition coefficient (Wildman–Crippen LogP) is 4.89. The lowest BCUT2D eigenvalue weighted by atomic mass is 9.98. The van der Waals surface area contributed by atoms with Crippen molar-refractivity contribution in [1.29, 1.82) is 0 Å². The lowest BCUT2D eigenvalue weighted by Crippen LogP contribution is -2.37. The van der Waals surface area contributed by atoms with Gasteiger partial charge >= 0.3 is 0 Å². The maximum absolute atomic E-state index is 12.9. The predicted molar refractivity (Wildman–Crippen MR) is 143 cm³/mol. The van der Waals surface area contributed by atoms with Crippen LogP contribution in [-0.2, 0) is 4.79 Å². The van der Waals surface area contributed by atoms with E-state index in [4.69, 9.17) is 0 Å². The number of hydrogen-bond acceptors (Lipinski definition) is 4. The van der Waals surface area contributed by atoms with Crippen LogP contribution in [0.25, 0.3) is 0 Å². The molecule has 186 valence electrons. The zero-order valence-corrected chi connectivity index (χ0v) is 20.7. The molecule has 7 heteroatoms. The maximum Gasteiger partial charge on any atom is 0.258 e. The average molecular weight is 485 g/mol. The summed E-state index contributed by atoms with van der Waals surface area (Å²) in [5.41, 5.74) is 3.14. The van der Waals surface area contributed by atoms with Gasteiger partial charge in [-0.25, -0.2) is 0 Å². The molecule has 0 radical (unpaired) electrons. The number of nitrogens with zero attached hydrogens (tertiary/aromatic N) is 2. The van der Waals surface area contributed by atoms with E-state index < -0.39 is 0 Å². The van der Waals surface area contributed by atoms with E-state index in [2.05, 4.69) is 17.6 Å². The molecule has 0 atom stereocenters. The van der Waals surface area contributed by atoms with Crippen molar-refractivity contribution in [2.24, 2.45) is 5.92 Å². The van der Waals surface area contributed by atoms with Crippen molar-refractivity contribution >= 4 is 34.8 Å². The van der Waals surface area contributed by atoms with E-state index >= 15 is 0 Å². The number of piperidine rings is 1. The Morgan fingerprint density at radius 1 is 0.861 bits per heavy atom. The second-order valence-corrected chi connectivity index (χ2v) is 9.24. The van der Waals surface area contributed by atoms with Crippen molar-refractivity contribution < 1.29 is 14.4 Å². The highest BCUT2D eigenvalue weighted by molar-refractivity contribution is 6.06. The fourth-order valence-corrected chi connectivity index (χ4v) is 4.24. The Kier molecular flexibility index (Phi) is 8.00. The third-order valence-corrected chi connectivity index (χ3v) is 6.47. The molecule has 1 fully saturated rings. The first-order chi connectivity index (χ1) is 17.4. The summed E-state index contributed by atoms with van der Waals surface area (Å²) in [6, 6.07) is 23.5. The highest BCUT2D eigenvalue weighted by atomic mass is 16.2. The molecule has 1 heterocycles. The third-order valence-electron chi connectivity index (χ3n) is 6.47. The van der Waals surface area contributed by atoms with Gasteiger partial charge in [0.15, 0.2) is 0 Å². The van der Waals surface area contributed by atoms with Gasteiger partial charge < -0.3 is 20.4 Å². The molecule has 4 rings (SSSR count). The summed E-state index contributed by atoms with van der Waals surface area (Å²) < 4.78 is 0. The summed E-state index contributed by atoms with van der Waals surface area (Å²) in [6.45, 7) is 3.77. The molecule has 2 N–H and O–H groups in total. The molecule has 1 aliphatic heterocycles. The topological polar surface area (TPSA) is 81.8 Å².